The Morgan fingerprint density at radius 2 is 2.04 bits per heavy atom. The lowest BCUT2D eigenvalue weighted by Crippen LogP contribution is -2.37. The van der Waals surface area contributed by atoms with Gasteiger partial charge >= 0.3 is 0 Å². The van der Waals surface area contributed by atoms with Crippen molar-refractivity contribution in [3.05, 3.63) is 48.3 Å². The predicted molar refractivity (Wildman–Crippen MR) is 100.0 cm³/mol. The molecule has 0 unspecified atom stereocenters. The number of anilines is 1. The van der Waals surface area contributed by atoms with Gasteiger partial charge in [0.25, 0.3) is 0 Å². The van der Waals surface area contributed by atoms with Crippen molar-refractivity contribution in [2.45, 2.75) is 19.5 Å². The molecule has 1 heterocycles. The maximum absolute atomic E-state index is 11.4. The molecule has 0 saturated heterocycles. The van der Waals surface area contributed by atoms with Crippen molar-refractivity contribution in [3.63, 3.8) is 0 Å². The van der Waals surface area contributed by atoms with Gasteiger partial charge in [0, 0.05) is 39.1 Å². The molecule has 1 aromatic heterocycles. The molecule has 0 atom stereocenters. The number of para-hydroxylation sites is 1. The van der Waals surface area contributed by atoms with E-state index >= 15 is 0 Å². The number of nitrogens with zero attached hydrogens (tertiary/aromatic N) is 3. The topological polar surface area (TPSA) is 100 Å². The molecule has 9 heteroatoms. The fraction of sp³-hybridized carbons (Fsp3) is 0.375. The maximum Gasteiger partial charge on any atom is 0.229 e. The number of hydrogen-bond acceptors (Lipinski definition) is 4. The second-order valence-corrected chi connectivity index (χ2v) is 7.26. The highest BCUT2D eigenvalue weighted by Gasteiger charge is 2.07. The van der Waals surface area contributed by atoms with Crippen LogP contribution in [0.4, 0.5) is 5.69 Å². The van der Waals surface area contributed by atoms with Gasteiger partial charge in [0.05, 0.1) is 11.9 Å². The minimum Gasteiger partial charge on any atom is -0.356 e. The van der Waals surface area contributed by atoms with E-state index in [2.05, 4.69) is 25.4 Å². The quantitative estimate of drug-likeness (QED) is 0.369. The number of aromatic nitrogens is 2. The van der Waals surface area contributed by atoms with Crippen LogP contribution in [0.15, 0.2) is 47.7 Å². The first-order chi connectivity index (χ1) is 12.0. The van der Waals surface area contributed by atoms with Crippen LogP contribution in [0.2, 0.25) is 0 Å². The minimum atomic E-state index is -3.31. The molecular formula is C16H24N6O2S. The zero-order valence-corrected chi connectivity index (χ0v) is 15.3. The van der Waals surface area contributed by atoms with Crippen molar-refractivity contribution in [2.24, 2.45) is 4.99 Å². The summed E-state index contributed by atoms with van der Waals surface area (Å²) in [6.07, 6.45) is 5.74. The van der Waals surface area contributed by atoms with E-state index in [1.807, 2.05) is 29.1 Å². The highest BCUT2D eigenvalue weighted by molar-refractivity contribution is 7.92. The number of hydrogen-bond donors (Lipinski definition) is 3. The summed E-state index contributed by atoms with van der Waals surface area (Å²) in [5.41, 5.74) is 1.40. The van der Waals surface area contributed by atoms with Gasteiger partial charge in [0.1, 0.15) is 0 Å². The fourth-order valence-electron chi connectivity index (χ4n) is 2.25. The van der Waals surface area contributed by atoms with Crippen LogP contribution >= 0.6 is 0 Å². The molecule has 0 aliphatic rings. The Kier molecular flexibility index (Phi) is 6.81. The third kappa shape index (κ3) is 6.84. The van der Waals surface area contributed by atoms with Crippen molar-refractivity contribution in [1.82, 2.24) is 20.4 Å². The second kappa shape index (κ2) is 9.07. The highest BCUT2D eigenvalue weighted by Crippen LogP contribution is 2.15. The zero-order chi connectivity index (χ0) is 18.1. The summed E-state index contributed by atoms with van der Waals surface area (Å²) >= 11 is 0. The normalized spacial score (nSPS) is 12.0. The first-order valence-corrected chi connectivity index (χ1v) is 9.85. The lowest BCUT2D eigenvalue weighted by molar-refractivity contribution is 0.570. The SMILES string of the molecule is CN=C(NCCCn1cccn1)NCc1ccccc1NS(C)(=O)=O. The average Bonchev–Trinajstić information content (AvgIpc) is 3.07. The van der Waals surface area contributed by atoms with Gasteiger partial charge in [-0.05, 0) is 24.1 Å². The Bertz CT molecular complexity index is 787. The third-order valence-corrected chi connectivity index (χ3v) is 3.99. The van der Waals surface area contributed by atoms with E-state index in [1.54, 1.807) is 25.4 Å². The molecule has 0 spiro atoms. The Balaban J connectivity index is 1.82. The summed E-state index contributed by atoms with van der Waals surface area (Å²) in [5, 5.41) is 10.6. The first kappa shape index (κ1) is 18.8. The summed E-state index contributed by atoms with van der Waals surface area (Å²) in [5.74, 6) is 0.662. The van der Waals surface area contributed by atoms with Gasteiger partial charge in [0.2, 0.25) is 10.0 Å². The molecule has 8 nitrogen and oxygen atoms in total. The van der Waals surface area contributed by atoms with E-state index in [1.165, 1.54) is 0 Å². The van der Waals surface area contributed by atoms with Crippen LogP contribution in [0.1, 0.15) is 12.0 Å². The summed E-state index contributed by atoms with van der Waals surface area (Å²) < 4.78 is 27.3. The van der Waals surface area contributed by atoms with E-state index in [-0.39, 0.29) is 0 Å². The Morgan fingerprint density at radius 3 is 2.72 bits per heavy atom. The van der Waals surface area contributed by atoms with E-state index < -0.39 is 10.0 Å². The number of rotatable bonds is 8. The van der Waals surface area contributed by atoms with Gasteiger partial charge in [-0.1, -0.05) is 18.2 Å². The molecule has 1 aromatic carbocycles. The molecule has 25 heavy (non-hydrogen) atoms. The molecule has 2 rings (SSSR count). The standard InChI is InChI=1S/C16H24N6O2S/c1-17-16(18-9-5-11-22-12-6-10-20-22)19-13-14-7-3-4-8-15(14)21-25(2,23)24/h3-4,6-8,10,12,21H,5,9,11,13H2,1-2H3,(H2,17,18,19). The van der Waals surface area contributed by atoms with E-state index in [9.17, 15) is 8.42 Å². The minimum absolute atomic E-state index is 0.456. The van der Waals surface area contributed by atoms with Gasteiger partial charge in [-0.3, -0.25) is 14.4 Å². The highest BCUT2D eigenvalue weighted by atomic mass is 32.2. The van der Waals surface area contributed by atoms with Gasteiger partial charge < -0.3 is 10.6 Å². The molecule has 0 aliphatic heterocycles. The summed E-state index contributed by atoms with van der Waals surface area (Å²) in [7, 11) is -1.62. The van der Waals surface area contributed by atoms with Crippen molar-refractivity contribution in [2.75, 3.05) is 24.6 Å². The predicted octanol–water partition coefficient (Wildman–Crippen LogP) is 1.01. The number of aliphatic imine (C=N–C) groups is 1. The molecule has 2 aromatic rings. The molecule has 0 amide bonds. The molecule has 0 saturated carbocycles. The second-order valence-electron chi connectivity index (χ2n) is 5.51. The number of guanidine groups is 1. The number of benzene rings is 1. The Labute approximate surface area is 148 Å². The van der Waals surface area contributed by atoms with Crippen molar-refractivity contribution < 1.29 is 8.42 Å². The number of nitrogens with one attached hydrogen (secondary N) is 3. The van der Waals surface area contributed by atoms with Crippen molar-refractivity contribution in [3.8, 4) is 0 Å². The van der Waals surface area contributed by atoms with Crippen LogP contribution in [0, 0.1) is 0 Å². The van der Waals surface area contributed by atoms with Crippen LogP contribution in [0.25, 0.3) is 0 Å². The third-order valence-electron chi connectivity index (χ3n) is 3.40. The summed E-state index contributed by atoms with van der Waals surface area (Å²) in [4.78, 5) is 4.18. The van der Waals surface area contributed by atoms with Crippen molar-refractivity contribution >= 4 is 21.7 Å². The Hall–Kier alpha value is -2.55. The van der Waals surface area contributed by atoms with E-state index in [0.717, 1.165) is 31.3 Å². The van der Waals surface area contributed by atoms with Gasteiger partial charge in [0.15, 0.2) is 5.96 Å². The average molecular weight is 364 g/mol. The van der Waals surface area contributed by atoms with Crippen LogP contribution < -0.4 is 15.4 Å². The zero-order valence-electron chi connectivity index (χ0n) is 14.4. The van der Waals surface area contributed by atoms with Gasteiger partial charge in [-0.2, -0.15) is 5.10 Å². The molecule has 0 aliphatic carbocycles. The molecular weight excluding hydrogens is 340 g/mol. The lowest BCUT2D eigenvalue weighted by Gasteiger charge is -2.14. The van der Waals surface area contributed by atoms with Gasteiger partial charge in [-0.25, -0.2) is 8.42 Å². The van der Waals surface area contributed by atoms with E-state index in [4.69, 9.17) is 0 Å². The first-order valence-electron chi connectivity index (χ1n) is 7.95. The molecule has 136 valence electrons. The number of sulfonamides is 1. The molecule has 3 N–H and O–H groups in total. The smallest absolute Gasteiger partial charge is 0.229 e. The molecule has 0 fully saturated rings. The maximum atomic E-state index is 11.4. The molecule has 0 bridgehead atoms. The molecule has 0 radical (unpaired) electrons. The van der Waals surface area contributed by atoms with Crippen molar-refractivity contribution in [1.29, 1.82) is 0 Å². The summed E-state index contributed by atoms with van der Waals surface area (Å²) in [6, 6.07) is 9.16. The largest absolute Gasteiger partial charge is 0.356 e. The van der Waals surface area contributed by atoms with Crippen LogP contribution in [0.5, 0.6) is 0 Å². The van der Waals surface area contributed by atoms with Crippen LogP contribution in [0.3, 0.4) is 0 Å². The van der Waals surface area contributed by atoms with E-state index in [0.29, 0.717) is 18.2 Å². The monoisotopic (exact) mass is 364 g/mol. The Morgan fingerprint density at radius 1 is 1.24 bits per heavy atom. The fourth-order valence-corrected chi connectivity index (χ4v) is 2.85. The van der Waals surface area contributed by atoms with Gasteiger partial charge in [-0.15, -0.1) is 0 Å². The van der Waals surface area contributed by atoms with Crippen LogP contribution in [-0.2, 0) is 23.1 Å². The van der Waals surface area contributed by atoms with Crippen LogP contribution in [-0.4, -0.2) is 44.0 Å². The number of aryl methyl sites for hydroxylation is 1. The summed E-state index contributed by atoms with van der Waals surface area (Å²) in [6.45, 7) is 2.04. The lowest BCUT2D eigenvalue weighted by atomic mass is 10.2.